The van der Waals surface area contributed by atoms with E-state index in [1.54, 1.807) is 31.3 Å². The maximum Gasteiger partial charge on any atom is 0.292 e. The Hall–Kier alpha value is -2.34. The lowest BCUT2D eigenvalue weighted by Crippen LogP contribution is -2.36. The van der Waals surface area contributed by atoms with E-state index in [2.05, 4.69) is 15.7 Å². The molecule has 0 radical (unpaired) electrons. The fourth-order valence-corrected chi connectivity index (χ4v) is 3.28. The monoisotopic (exact) mass is 360 g/mol. The first kappa shape index (κ1) is 17.5. The molecular weight excluding hydrogens is 340 g/mol. The highest BCUT2D eigenvalue weighted by atomic mass is 35.5. The van der Waals surface area contributed by atoms with Crippen LogP contribution in [0.15, 0.2) is 35.3 Å². The number of carbonyl (C=O) groups is 1. The van der Waals surface area contributed by atoms with Gasteiger partial charge in [0.1, 0.15) is 5.02 Å². The maximum atomic E-state index is 12.3. The van der Waals surface area contributed by atoms with Gasteiger partial charge in [-0.05, 0) is 37.1 Å². The van der Waals surface area contributed by atoms with Crippen LogP contribution < -0.4 is 16.2 Å². The molecule has 1 aromatic heterocycles. The van der Waals surface area contributed by atoms with Crippen molar-refractivity contribution in [2.75, 3.05) is 12.4 Å². The van der Waals surface area contributed by atoms with Gasteiger partial charge in [-0.15, -0.1) is 0 Å². The van der Waals surface area contributed by atoms with E-state index in [0.29, 0.717) is 16.9 Å². The first-order valence-corrected chi connectivity index (χ1v) is 8.85. The molecule has 1 aliphatic rings. The third kappa shape index (κ3) is 3.85. The van der Waals surface area contributed by atoms with Gasteiger partial charge in [-0.2, -0.15) is 9.78 Å². The van der Waals surface area contributed by atoms with Crippen molar-refractivity contribution < 1.29 is 4.79 Å². The quantitative estimate of drug-likeness (QED) is 0.878. The second kappa shape index (κ2) is 7.70. The topological polar surface area (TPSA) is 76.0 Å². The number of hydrogen-bond acceptors (Lipinski definition) is 4. The van der Waals surface area contributed by atoms with Crippen molar-refractivity contribution in [1.82, 2.24) is 15.1 Å². The summed E-state index contributed by atoms with van der Waals surface area (Å²) in [6.45, 7) is 0. The van der Waals surface area contributed by atoms with E-state index >= 15 is 0 Å². The highest BCUT2D eigenvalue weighted by Gasteiger charge is 2.17. The predicted octanol–water partition coefficient (Wildman–Crippen LogP) is 2.99. The van der Waals surface area contributed by atoms with Crippen LogP contribution in [0.1, 0.15) is 42.5 Å². The summed E-state index contributed by atoms with van der Waals surface area (Å²) in [6, 6.07) is 7.04. The molecule has 3 rings (SSSR count). The second-order valence-corrected chi connectivity index (χ2v) is 6.57. The minimum absolute atomic E-state index is 0.0802. The molecule has 1 amide bonds. The van der Waals surface area contributed by atoms with Crippen molar-refractivity contribution in [3.63, 3.8) is 0 Å². The van der Waals surface area contributed by atoms with Gasteiger partial charge in [-0.3, -0.25) is 9.59 Å². The molecule has 1 saturated carbocycles. The van der Waals surface area contributed by atoms with Crippen LogP contribution in [-0.2, 0) is 0 Å². The predicted molar refractivity (Wildman–Crippen MR) is 98.7 cm³/mol. The molecule has 25 heavy (non-hydrogen) atoms. The lowest BCUT2D eigenvalue weighted by Gasteiger charge is -2.22. The number of nitrogens with one attached hydrogen (secondary N) is 2. The molecule has 1 fully saturated rings. The van der Waals surface area contributed by atoms with Gasteiger partial charge >= 0.3 is 0 Å². The molecule has 0 unspecified atom stereocenters. The average molecular weight is 361 g/mol. The molecule has 0 bridgehead atoms. The number of aromatic nitrogens is 2. The molecule has 6 nitrogen and oxygen atoms in total. The van der Waals surface area contributed by atoms with Gasteiger partial charge < -0.3 is 10.6 Å². The lowest BCUT2D eigenvalue weighted by molar-refractivity contribution is 0.0927. The van der Waals surface area contributed by atoms with Gasteiger partial charge in [0.25, 0.3) is 11.5 Å². The number of hydrogen-bond donors (Lipinski definition) is 2. The first-order valence-electron chi connectivity index (χ1n) is 8.47. The number of halogens is 1. The molecule has 0 saturated heterocycles. The zero-order valence-electron chi connectivity index (χ0n) is 14.1. The lowest BCUT2D eigenvalue weighted by atomic mass is 9.95. The summed E-state index contributed by atoms with van der Waals surface area (Å²) in [7, 11) is 1.67. The van der Waals surface area contributed by atoms with Crippen molar-refractivity contribution in [2.45, 2.75) is 38.1 Å². The number of nitrogens with zero attached hydrogens (tertiary/aromatic N) is 2. The zero-order chi connectivity index (χ0) is 17.8. The summed E-state index contributed by atoms with van der Waals surface area (Å²) in [4.78, 5) is 24.6. The Kier molecular flexibility index (Phi) is 5.38. The van der Waals surface area contributed by atoms with Crippen molar-refractivity contribution in [1.29, 1.82) is 0 Å². The third-order valence-corrected chi connectivity index (χ3v) is 4.87. The van der Waals surface area contributed by atoms with Crippen LogP contribution in [0.2, 0.25) is 5.02 Å². The van der Waals surface area contributed by atoms with Crippen molar-refractivity contribution in [2.24, 2.45) is 0 Å². The van der Waals surface area contributed by atoms with Crippen LogP contribution >= 0.6 is 11.6 Å². The van der Waals surface area contributed by atoms with Gasteiger partial charge in [-0.25, -0.2) is 0 Å². The van der Waals surface area contributed by atoms with Gasteiger partial charge in [0.15, 0.2) is 0 Å². The van der Waals surface area contributed by atoms with E-state index < -0.39 is 5.56 Å². The van der Waals surface area contributed by atoms with Gasteiger partial charge in [0.2, 0.25) is 0 Å². The van der Waals surface area contributed by atoms with Gasteiger partial charge in [0, 0.05) is 18.7 Å². The SMILES string of the molecule is CNc1cnn(-c2ccc(C(=O)NC3CCCCC3)cc2)c(=O)c1Cl. The molecule has 0 aliphatic heterocycles. The Labute approximate surface area is 151 Å². The molecule has 1 aliphatic carbocycles. The smallest absolute Gasteiger partial charge is 0.292 e. The Morgan fingerprint density at radius 3 is 2.52 bits per heavy atom. The summed E-state index contributed by atoms with van der Waals surface area (Å²) in [5.41, 5.74) is 1.20. The minimum atomic E-state index is -0.409. The maximum absolute atomic E-state index is 12.3. The summed E-state index contributed by atoms with van der Waals surface area (Å²) >= 11 is 6.04. The fraction of sp³-hybridized carbons (Fsp3) is 0.389. The summed E-state index contributed by atoms with van der Waals surface area (Å²) < 4.78 is 1.21. The van der Waals surface area contributed by atoms with Crippen molar-refractivity contribution in [3.05, 3.63) is 51.4 Å². The highest BCUT2D eigenvalue weighted by molar-refractivity contribution is 6.32. The van der Waals surface area contributed by atoms with Gasteiger partial charge in [0.05, 0.1) is 17.6 Å². The van der Waals surface area contributed by atoms with E-state index in [4.69, 9.17) is 11.6 Å². The van der Waals surface area contributed by atoms with Crippen LogP contribution in [0.25, 0.3) is 5.69 Å². The molecule has 7 heteroatoms. The molecular formula is C18H21ClN4O2. The van der Waals surface area contributed by atoms with E-state index in [9.17, 15) is 9.59 Å². The van der Waals surface area contributed by atoms with Crippen LogP contribution in [0.5, 0.6) is 0 Å². The average Bonchev–Trinajstić information content (AvgIpc) is 2.65. The molecule has 2 aromatic rings. The Balaban J connectivity index is 1.77. The van der Waals surface area contributed by atoms with Crippen molar-refractivity contribution in [3.8, 4) is 5.69 Å². The minimum Gasteiger partial charge on any atom is -0.385 e. The highest BCUT2D eigenvalue weighted by Crippen LogP contribution is 2.18. The van der Waals surface area contributed by atoms with Gasteiger partial charge in [-0.1, -0.05) is 30.9 Å². The second-order valence-electron chi connectivity index (χ2n) is 6.19. The fourth-order valence-electron chi connectivity index (χ4n) is 3.06. The van der Waals surface area contributed by atoms with Crippen LogP contribution in [0, 0.1) is 0 Å². The summed E-state index contributed by atoms with van der Waals surface area (Å²) in [5, 5.41) is 10.1. The first-order chi connectivity index (χ1) is 12.1. The standard InChI is InChI=1S/C18H21ClN4O2/c1-20-15-11-21-23(18(25)16(15)19)14-9-7-12(8-10-14)17(24)22-13-5-3-2-4-6-13/h7-11,13,20H,2-6H2,1H3,(H,22,24). The largest absolute Gasteiger partial charge is 0.385 e. The summed E-state index contributed by atoms with van der Waals surface area (Å²) in [6.07, 6.45) is 7.16. The Morgan fingerprint density at radius 2 is 1.88 bits per heavy atom. The molecule has 132 valence electrons. The number of benzene rings is 1. The Bertz CT molecular complexity index is 811. The van der Waals surface area contributed by atoms with Crippen LogP contribution in [0.4, 0.5) is 5.69 Å². The number of anilines is 1. The Morgan fingerprint density at radius 1 is 1.20 bits per heavy atom. The molecule has 1 heterocycles. The molecule has 2 N–H and O–H groups in total. The van der Waals surface area contributed by atoms with E-state index in [0.717, 1.165) is 12.8 Å². The number of amides is 1. The third-order valence-electron chi connectivity index (χ3n) is 4.50. The normalized spacial score (nSPS) is 15.0. The van der Waals surface area contributed by atoms with Crippen LogP contribution in [-0.4, -0.2) is 28.8 Å². The van der Waals surface area contributed by atoms with E-state index in [1.165, 1.54) is 30.1 Å². The zero-order valence-corrected chi connectivity index (χ0v) is 14.8. The molecule has 1 aromatic carbocycles. The number of rotatable bonds is 4. The van der Waals surface area contributed by atoms with Crippen LogP contribution in [0.3, 0.4) is 0 Å². The summed E-state index contributed by atoms with van der Waals surface area (Å²) in [5.74, 6) is -0.0812. The van der Waals surface area contributed by atoms with Crippen molar-refractivity contribution >= 4 is 23.2 Å². The molecule has 0 spiro atoms. The van der Waals surface area contributed by atoms with E-state index in [-0.39, 0.29) is 17.0 Å². The number of carbonyl (C=O) groups excluding carboxylic acids is 1. The molecule has 0 atom stereocenters. The van der Waals surface area contributed by atoms with E-state index in [1.807, 2.05) is 0 Å².